The van der Waals surface area contributed by atoms with Gasteiger partial charge in [0.15, 0.2) is 0 Å². The van der Waals surface area contributed by atoms with Gasteiger partial charge in [0.1, 0.15) is 0 Å². The predicted molar refractivity (Wildman–Crippen MR) is 82.5 cm³/mol. The van der Waals surface area contributed by atoms with Crippen molar-refractivity contribution in [1.29, 1.82) is 0 Å². The van der Waals surface area contributed by atoms with Crippen LogP contribution in [0.3, 0.4) is 0 Å². The molecule has 0 fully saturated rings. The van der Waals surface area contributed by atoms with Gasteiger partial charge in [-0.2, -0.15) is 8.78 Å². The first-order valence-electron chi connectivity index (χ1n) is 6.56. The molecule has 2 aromatic carbocycles. The third-order valence-electron chi connectivity index (χ3n) is 3.12. The summed E-state index contributed by atoms with van der Waals surface area (Å²) in [5.74, 6) is -4.92. The molecule has 0 saturated carbocycles. The van der Waals surface area contributed by atoms with Gasteiger partial charge in [-0.25, -0.2) is 8.42 Å². The molecule has 0 atom stereocenters. The van der Waals surface area contributed by atoms with Gasteiger partial charge >= 0.3 is 5.76 Å². The van der Waals surface area contributed by atoms with Crippen LogP contribution in [0, 0.1) is 0 Å². The van der Waals surface area contributed by atoms with E-state index in [1.54, 1.807) is 12.1 Å². The zero-order valence-electron chi connectivity index (χ0n) is 12.1. The molecule has 2 amide bonds. The van der Waals surface area contributed by atoms with Crippen molar-refractivity contribution in [3.8, 4) is 0 Å². The normalized spacial score (nSPS) is 11.3. The second-order valence-corrected chi connectivity index (χ2v) is 6.61. The van der Waals surface area contributed by atoms with Crippen LogP contribution in [0.15, 0.2) is 53.4 Å². The number of hydrogen-bond acceptors (Lipinski definition) is 4. The summed E-state index contributed by atoms with van der Waals surface area (Å²) >= 11 is 0. The summed E-state index contributed by atoms with van der Waals surface area (Å²) < 4.78 is 47.6. The Kier molecular flexibility index (Phi) is 4.93. The van der Waals surface area contributed by atoms with Gasteiger partial charge in [0.25, 0.3) is 11.8 Å². The van der Waals surface area contributed by atoms with Crippen molar-refractivity contribution in [2.45, 2.75) is 10.7 Å². The summed E-state index contributed by atoms with van der Waals surface area (Å²) in [4.78, 5) is 22.8. The zero-order chi connectivity index (χ0) is 17.9. The molecule has 6 nitrogen and oxygen atoms in total. The third kappa shape index (κ3) is 3.57. The molecule has 0 bridgehead atoms. The van der Waals surface area contributed by atoms with Crippen LogP contribution in [-0.4, -0.2) is 26.0 Å². The SMILES string of the molecule is NC(=O)c1ccccc1NC(=O)c1ccc(S(=O)(=O)C(F)F)cc1. The largest absolute Gasteiger partial charge is 0.366 e. The van der Waals surface area contributed by atoms with Crippen molar-refractivity contribution in [3.63, 3.8) is 0 Å². The van der Waals surface area contributed by atoms with Crippen molar-refractivity contribution in [2.75, 3.05) is 5.32 Å². The maximum Gasteiger partial charge on any atom is 0.341 e. The highest BCUT2D eigenvalue weighted by atomic mass is 32.2. The number of carbonyl (C=O) groups excluding carboxylic acids is 2. The van der Waals surface area contributed by atoms with Gasteiger partial charge in [-0.3, -0.25) is 9.59 Å². The van der Waals surface area contributed by atoms with Crippen molar-refractivity contribution < 1.29 is 26.8 Å². The highest BCUT2D eigenvalue weighted by Gasteiger charge is 2.26. The molecule has 0 unspecified atom stereocenters. The number of nitrogens with one attached hydrogen (secondary N) is 1. The van der Waals surface area contributed by atoms with Crippen molar-refractivity contribution in [2.24, 2.45) is 5.73 Å². The van der Waals surface area contributed by atoms with E-state index in [4.69, 9.17) is 5.73 Å². The van der Waals surface area contributed by atoms with E-state index in [0.717, 1.165) is 24.3 Å². The number of amides is 2. The Labute approximate surface area is 136 Å². The van der Waals surface area contributed by atoms with E-state index in [1.165, 1.54) is 12.1 Å². The monoisotopic (exact) mass is 354 g/mol. The molecule has 0 saturated heterocycles. The summed E-state index contributed by atoms with van der Waals surface area (Å²) in [5, 5.41) is 2.45. The first-order chi connectivity index (χ1) is 11.2. The fourth-order valence-electron chi connectivity index (χ4n) is 1.90. The maximum absolute atomic E-state index is 12.5. The van der Waals surface area contributed by atoms with Crippen LogP contribution in [-0.2, 0) is 9.84 Å². The highest BCUT2D eigenvalue weighted by molar-refractivity contribution is 7.91. The molecule has 2 rings (SSSR count). The van der Waals surface area contributed by atoms with E-state index >= 15 is 0 Å². The molecule has 0 aliphatic carbocycles. The maximum atomic E-state index is 12.5. The summed E-state index contributed by atoms with van der Waals surface area (Å²) in [7, 11) is -4.72. The lowest BCUT2D eigenvalue weighted by atomic mass is 10.1. The van der Waals surface area contributed by atoms with Crippen LogP contribution >= 0.6 is 0 Å². The van der Waals surface area contributed by atoms with Crippen molar-refractivity contribution in [1.82, 2.24) is 0 Å². The molecule has 3 N–H and O–H groups in total. The number of benzene rings is 2. The van der Waals surface area contributed by atoms with E-state index in [0.29, 0.717) is 0 Å². The van der Waals surface area contributed by atoms with Crippen LogP contribution in [0.5, 0.6) is 0 Å². The highest BCUT2D eigenvalue weighted by Crippen LogP contribution is 2.20. The predicted octanol–water partition coefficient (Wildman–Crippen LogP) is 2.03. The van der Waals surface area contributed by atoms with E-state index in [1.807, 2.05) is 0 Å². The second-order valence-electron chi connectivity index (χ2n) is 4.69. The summed E-state index contributed by atoms with van der Waals surface area (Å²) in [6, 6.07) is 10.1. The minimum Gasteiger partial charge on any atom is -0.366 e. The van der Waals surface area contributed by atoms with E-state index < -0.39 is 32.3 Å². The fourth-order valence-corrected chi connectivity index (χ4v) is 2.62. The number of halogens is 2. The number of carbonyl (C=O) groups is 2. The molecule has 0 aliphatic heterocycles. The molecule has 0 heterocycles. The lowest BCUT2D eigenvalue weighted by Crippen LogP contribution is -2.18. The van der Waals surface area contributed by atoms with Crippen LogP contribution in [0.4, 0.5) is 14.5 Å². The number of anilines is 1. The molecule has 0 radical (unpaired) electrons. The number of para-hydroxylation sites is 1. The number of nitrogens with two attached hydrogens (primary N) is 1. The summed E-state index contributed by atoms with van der Waals surface area (Å²) in [6.45, 7) is 0. The van der Waals surface area contributed by atoms with E-state index in [-0.39, 0.29) is 16.8 Å². The summed E-state index contributed by atoms with van der Waals surface area (Å²) in [5.41, 5.74) is 5.51. The number of hydrogen-bond donors (Lipinski definition) is 2. The Morgan fingerprint density at radius 1 is 1.00 bits per heavy atom. The topological polar surface area (TPSA) is 106 Å². The number of rotatable bonds is 5. The first-order valence-corrected chi connectivity index (χ1v) is 8.10. The minimum absolute atomic E-state index is 0.0301. The number of primary amides is 1. The van der Waals surface area contributed by atoms with Gasteiger partial charge in [-0.15, -0.1) is 0 Å². The molecule has 24 heavy (non-hydrogen) atoms. The van der Waals surface area contributed by atoms with Crippen LogP contribution in [0.25, 0.3) is 0 Å². The number of sulfone groups is 1. The first kappa shape index (κ1) is 17.5. The lowest BCUT2D eigenvalue weighted by Gasteiger charge is -2.09. The van der Waals surface area contributed by atoms with Crippen molar-refractivity contribution in [3.05, 3.63) is 59.7 Å². The average molecular weight is 354 g/mol. The Bertz CT molecular complexity index is 881. The van der Waals surface area contributed by atoms with E-state index in [2.05, 4.69) is 5.32 Å². The molecule has 2 aromatic rings. The Balaban J connectivity index is 2.25. The second kappa shape index (κ2) is 6.75. The van der Waals surface area contributed by atoms with Crippen LogP contribution in [0.1, 0.15) is 20.7 Å². The standard InChI is InChI=1S/C15H12F2N2O4S/c16-15(17)24(22,23)10-7-5-9(6-8-10)14(21)19-12-4-2-1-3-11(12)13(18)20/h1-8,15H,(H2,18,20)(H,19,21). The van der Waals surface area contributed by atoms with Crippen LogP contribution in [0.2, 0.25) is 0 Å². The quantitative estimate of drug-likeness (QED) is 0.857. The zero-order valence-corrected chi connectivity index (χ0v) is 12.9. The van der Waals surface area contributed by atoms with Crippen molar-refractivity contribution >= 4 is 27.3 Å². The molecular formula is C15H12F2N2O4S. The minimum atomic E-state index is -4.72. The summed E-state index contributed by atoms with van der Waals surface area (Å²) in [6.07, 6.45) is 0. The average Bonchev–Trinajstić information content (AvgIpc) is 2.55. The molecular weight excluding hydrogens is 342 g/mol. The Morgan fingerprint density at radius 3 is 2.12 bits per heavy atom. The third-order valence-corrected chi connectivity index (χ3v) is 4.52. The Morgan fingerprint density at radius 2 is 1.58 bits per heavy atom. The lowest BCUT2D eigenvalue weighted by molar-refractivity contribution is 0.100. The van der Waals surface area contributed by atoms with Gasteiger partial charge in [-0.05, 0) is 36.4 Å². The molecule has 0 spiro atoms. The Hall–Kier alpha value is -2.81. The van der Waals surface area contributed by atoms with Gasteiger partial charge in [-0.1, -0.05) is 12.1 Å². The van der Waals surface area contributed by atoms with Gasteiger partial charge in [0.05, 0.1) is 16.1 Å². The van der Waals surface area contributed by atoms with E-state index in [9.17, 15) is 26.8 Å². The van der Waals surface area contributed by atoms with Gasteiger partial charge < -0.3 is 11.1 Å². The fraction of sp³-hybridized carbons (Fsp3) is 0.0667. The van der Waals surface area contributed by atoms with Gasteiger partial charge in [0, 0.05) is 5.56 Å². The molecule has 9 heteroatoms. The molecule has 0 aliphatic rings. The van der Waals surface area contributed by atoms with Crippen LogP contribution < -0.4 is 11.1 Å². The molecule has 126 valence electrons. The molecule has 0 aromatic heterocycles. The number of alkyl halides is 2. The van der Waals surface area contributed by atoms with Gasteiger partial charge in [0.2, 0.25) is 9.84 Å². The smallest absolute Gasteiger partial charge is 0.341 e.